The Kier molecular flexibility index (Phi) is 13.3. The second-order valence-electron chi connectivity index (χ2n) is 11.8. The topological polar surface area (TPSA) is 163 Å². The van der Waals surface area contributed by atoms with Crippen molar-refractivity contribution in [2.45, 2.75) is 77.8 Å². The fourth-order valence-electron chi connectivity index (χ4n) is 4.19. The van der Waals surface area contributed by atoms with Crippen LogP contribution < -0.4 is 21.7 Å². The van der Waals surface area contributed by atoms with Crippen LogP contribution in [-0.2, 0) is 27.4 Å². The normalized spacial score (nSPS) is 13.4. The third-order valence-electron chi connectivity index (χ3n) is 6.08. The molecule has 0 saturated heterocycles. The van der Waals surface area contributed by atoms with Crippen molar-refractivity contribution in [3.8, 4) is 0 Å². The number of alkyl carbamates (subject to hydrolysis) is 1. The number of aliphatic hydroxyl groups excluding tert-OH is 1. The Hall–Kier alpha value is -4.12. The number of primary amides is 1. The zero-order chi connectivity index (χ0) is 31.3. The molecule has 6 N–H and O–H groups in total. The van der Waals surface area contributed by atoms with E-state index in [0.29, 0.717) is 6.54 Å². The van der Waals surface area contributed by atoms with Crippen molar-refractivity contribution >= 4 is 23.9 Å². The molecule has 0 aromatic heterocycles. The third kappa shape index (κ3) is 13.0. The van der Waals surface area contributed by atoms with Gasteiger partial charge in [-0.15, -0.1) is 0 Å². The van der Waals surface area contributed by atoms with Crippen LogP contribution >= 0.6 is 0 Å². The number of benzene rings is 2. The molecule has 0 fully saturated rings. The molecule has 2 unspecified atom stereocenters. The minimum absolute atomic E-state index is 0.0325. The lowest BCUT2D eigenvalue weighted by molar-refractivity contribution is -0.128. The number of nitrogens with one attached hydrogen (secondary N) is 3. The zero-order valence-electron chi connectivity index (χ0n) is 25.1. The molecule has 5 amide bonds. The Balaban J connectivity index is 2.21. The van der Waals surface area contributed by atoms with Crippen molar-refractivity contribution < 1.29 is 29.0 Å². The third-order valence-corrected chi connectivity index (χ3v) is 6.08. The highest BCUT2D eigenvalue weighted by atomic mass is 16.5. The Morgan fingerprint density at radius 2 is 1.48 bits per heavy atom. The van der Waals surface area contributed by atoms with E-state index < -0.39 is 48.1 Å². The molecule has 0 saturated carbocycles. The van der Waals surface area contributed by atoms with Crippen LogP contribution in [0.25, 0.3) is 0 Å². The number of amides is 5. The summed E-state index contributed by atoms with van der Waals surface area (Å²) in [6.45, 7) is 9.80. The Bertz CT molecular complexity index is 1150. The van der Waals surface area contributed by atoms with E-state index in [9.17, 15) is 24.3 Å². The van der Waals surface area contributed by atoms with E-state index >= 15 is 0 Å². The molecule has 230 valence electrons. The first kappa shape index (κ1) is 34.1. The summed E-state index contributed by atoms with van der Waals surface area (Å²) in [6.07, 6.45) is -2.33. The molecule has 0 radical (unpaired) electrons. The lowest BCUT2D eigenvalue weighted by Gasteiger charge is -2.34. The van der Waals surface area contributed by atoms with Crippen LogP contribution in [0.1, 0.15) is 52.2 Å². The van der Waals surface area contributed by atoms with Gasteiger partial charge in [-0.2, -0.15) is 0 Å². The van der Waals surface area contributed by atoms with Crippen LogP contribution in [-0.4, -0.2) is 70.8 Å². The quantitative estimate of drug-likeness (QED) is 0.230. The number of carbonyl (C=O) groups excluding carboxylic acids is 4. The van der Waals surface area contributed by atoms with E-state index in [2.05, 4.69) is 16.0 Å². The maximum atomic E-state index is 13.4. The van der Waals surface area contributed by atoms with Gasteiger partial charge in [-0.1, -0.05) is 74.5 Å². The number of ether oxygens (including phenoxy) is 1. The molecule has 0 aliphatic rings. The van der Waals surface area contributed by atoms with Gasteiger partial charge in [0.15, 0.2) is 0 Å². The van der Waals surface area contributed by atoms with E-state index in [0.717, 1.165) is 11.1 Å². The van der Waals surface area contributed by atoms with E-state index in [1.165, 1.54) is 4.90 Å². The number of rotatable bonds is 14. The predicted octanol–water partition coefficient (Wildman–Crippen LogP) is 2.71. The van der Waals surface area contributed by atoms with Crippen molar-refractivity contribution in [3.05, 3.63) is 71.8 Å². The number of aliphatic hydroxyl groups is 1. The largest absolute Gasteiger partial charge is 0.445 e. The maximum absolute atomic E-state index is 13.4. The van der Waals surface area contributed by atoms with Crippen LogP contribution in [0.3, 0.4) is 0 Å². The minimum atomic E-state index is -1.34. The van der Waals surface area contributed by atoms with Gasteiger partial charge in [-0.3, -0.25) is 9.59 Å². The summed E-state index contributed by atoms with van der Waals surface area (Å²) < 4.78 is 5.21. The van der Waals surface area contributed by atoms with Gasteiger partial charge >= 0.3 is 12.1 Å². The van der Waals surface area contributed by atoms with Crippen LogP contribution in [0.2, 0.25) is 0 Å². The number of carbonyl (C=O) groups is 4. The van der Waals surface area contributed by atoms with Gasteiger partial charge in [0.05, 0.1) is 25.1 Å². The van der Waals surface area contributed by atoms with Gasteiger partial charge in [0.1, 0.15) is 12.6 Å². The average molecular weight is 584 g/mol. The highest BCUT2D eigenvalue weighted by Gasteiger charge is 2.31. The van der Waals surface area contributed by atoms with Crippen molar-refractivity contribution in [3.63, 3.8) is 0 Å². The zero-order valence-corrected chi connectivity index (χ0v) is 25.1. The second kappa shape index (κ2) is 16.4. The number of hydrogen-bond acceptors (Lipinski definition) is 6. The number of nitrogens with zero attached hydrogens (tertiary/aromatic N) is 1. The van der Waals surface area contributed by atoms with Crippen molar-refractivity contribution in [2.75, 3.05) is 13.1 Å². The fourth-order valence-corrected chi connectivity index (χ4v) is 4.19. The van der Waals surface area contributed by atoms with Gasteiger partial charge in [0, 0.05) is 12.1 Å². The van der Waals surface area contributed by atoms with Crippen LogP contribution in [0, 0.1) is 5.92 Å². The fraction of sp³-hybridized carbons (Fsp3) is 0.484. The highest BCUT2D eigenvalue weighted by molar-refractivity contribution is 5.90. The molecule has 0 bridgehead atoms. The monoisotopic (exact) mass is 583 g/mol. The molecule has 11 heteroatoms. The minimum Gasteiger partial charge on any atom is -0.445 e. The number of nitrogens with two attached hydrogens (primary N) is 1. The first-order valence-electron chi connectivity index (χ1n) is 14.1. The molecule has 42 heavy (non-hydrogen) atoms. The lowest BCUT2D eigenvalue weighted by Crippen LogP contribution is -2.57. The van der Waals surface area contributed by atoms with Gasteiger partial charge in [0.25, 0.3) is 0 Å². The molecule has 2 aromatic rings. The Morgan fingerprint density at radius 1 is 0.905 bits per heavy atom. The summed E-state index contributed by atoms with van der Waals surface area (Å²) in [7, 11) is 0. The molecule has 2 rings (SSSR count). The first-order valence-corrected chi connectivity index (χ1v) is 14.1. The van der Waals surface area contributed by atoms with Crippen molar-refractivity contribution in [2.24, 2.45) is 11.7 Å². The van der Waals surface area contributed by atoms with E-state index in [1.54, 1.807) is 24.3 Å². The molecule has 0 aliphatic heterocycles. The number of urea groups is 1. The summed E-state index contributed by atoms with van der Waals surface area (Å²) in [5.74, 6) is -1.41. The Morgan fingerprint density at radius 3 is 2.00 bits per heavy atom. The van der Waals surface area contributed by atoms with Gasteiger partial charge in [-0.05, 0) is 44.2 Å². The number of hydrogen-bond donors (Lipinski definition) is 5. The van der Waals surface area contributed by atoms with E-state index in [4.69, 9.17) is 10.5 Å². The van der Waals surface area contributed by atoms with E-state index in [1.807, 2.05) is 71.0 Å². The summed E-state index contributed by atoms with van der Waals surface area (Å²) in [5.41, 5.74) is 6.46. The molecule has 2 aromatic carbocycles. The SMILES string of the molecule is CC(C)CN(CC(O)[C@H](Cc1ccccc1)NC(=O)C(CC(N)=O)NC(=O)OCc1ccccc1)C(=O)NC(C)(C)C. The highest BCUT2D eigenvalue weighted by Crippen LogP contribution is 2.12. The molecule has 0 aliphatic carbocycles. The second-order valence-corrected chi connectivity index (χ2v) is 11.8. The summed E-state index contributed by atoms with van der Waals surface area (Å²) >= 11 is 0. The molecular formula is C31H45N5O6. The molecule has 3 atom stereocenters. The summed E-state index contributed by atoms with van der Waals surface area (Å²) in [5, 5.41) is 19.5. The standard InChI is InChI=1S/C31H45N5O6/c1-21(2)18-36(29(40)35-31(3,4)5)19-26(37)24(16-22-12-8-6-9-13-22)33-28(39)25(17-27(32)38)34-30(41)42-20-23-14-10-7-11-15-23/h6-15,21,24-26,37H,16-20H2,1-5H3,(H2,32,38)(H,33,39)(H,34,41)(H,35,40)/t24-,25?,26?/m0/s1. The molecule has 11 nitrogen and oxygen atoms in total. The van der Waals surface area contributed by atoms with Crippen molar-refractivity contribution in [1.29, 1.82) is 0 Å². The van der Waals surface area contributed by atoms with Crippen LogP contribution in [0.5, 0.6) is 0 Å². The first-order chi connectivity index (χ1) is 19.7. The van der Waals surface area contributed by atoms with Crippen LogP contribution in [0.4, 0.5) is 9.59 Å². The average Bonchev–Trinajstić information content (AvgIpc) is 2.90. The van der Waals surface area contributed by atoms with E-state index in [-0.39, 0.29) is 31.5 Å². The van der Waals surface area contributed by atoms with Gasteiger partial charge < -0.3 is 36.4 Å². The van der Waals surface area contributed by atoms with Gasteiger partial charge in [0.2, 0.25) is 11.8 Å². The summed E-state index contributed by atoms with van der Waals surface area (Å²) in [4.78, 5) is 52.2. The Labute approximate surface area is 248 Å². The van der Waals surface area contributed by atoms with Crippen molar-refractivity contribution in [1.82, 2.24) is 20.9 Å². The lowest BCUT2D eigenvalue weighted by atomic mass is 9.99. The van der Waals surface area contributed by atoms with Crippen LogP contribution in [0.15, 0.2) is 60.7 Å². The predicted molar refractivity (Wildman–Crippen MR) is 160 cm³/mol. The van der Waals surface area contributed by atoms with Gasteiger partial charge in [-0.25, -0.2) is 9.59 Å². The summed E-state index contributed by atoms with van der Waals surface area (Å²) in [6, 6.07) is 15.7. The molecule has 0 spiro atoms. The smallest absolute Gasteiger partial charge is 0.408 e. The molecular weight excluding hydrogens is 538 g/mol. The molecule has 0 heterocycles. The maximum Gasteiger partial charge on any atom is 0.408 e.